The highest BCUT2D eigenvalue weighted by Gasteiger charge is 2.41. The van der Waals surface area contributed by atoms with Crippen molar-refractivity contribution < 1.29 is 31.5 Å². The van der Waals surface area contributed by atoms with Crippen molar-refractivity contribution in [2.45, 2.75) is 62.8 Å². The summed E-state index contributed by atoms with van der Waals surface area (Å²) in [6.45, 7) is 3.33. The van der Waals surface area contributed by atoms with Crippen molar-refractivity contribution in [2.24, 2.45) is 11.8 Å². The van der Waals surface area contributed by atoms with E-state index in [4.69, 9.17) is 0 Å². The van der Waals surface area contributed by atoms with Gasteiger partial charge in [-0.15, -0.1) is 0 Å². The molecule has 1 atom stereocenters. The molecular formula is C27H33F3N2O4S. The SMILES string of the molecule is CCS(=O)(=O)c1ccc([C@@H](CO)NC(=O)c2ccc3c(c2)CN(CC2CCC(C(F)(F)F)CC2)C3)cc1. The summed E-state index contributed by atoms with van der Waals surface area (Å²) in [5.41, 5.74) is 3.17. The molecule has 10 heteroatoms. The van der Waals surface area contributed by atoms with Crippen molar-refractivity contribution in [1.29, 1.82) is 0 Å². The van der Waals surface area contributed by atoms with Crippen LogP contribution in [0.3, 0.4) is 0 Å². The molecular weight excluding hydrogens is 505 g/mol. The largest absolute Gasteiger partial charge is 0.394 e. The fraction of sp³-hybridized carbons (Fsp3) is 0.519. The zero-order chi connectivity index (χ0) is 26.8. The van der Waals surface area contributed by atoms with Gasteiger partial charge in [-0.25, -0.2) is 8.42 Å². The van der Waals surface area contributed by atoms with Crippen LogP contribution in [0.1, 0.15) is 65.7 Å². The van der Waals surface area contributed by atoms with Gasteiger partial charge in [0.25, 0.3) is 5.91 Å². The molecule has 0 bridgehead atoms. The van der Waals surface area contributed by atoms with Crippen LogP contribution in [0.5, 0.6) is 0 Å². The number of nitrogens with one attached hydrogen (secondary N) is 1. The van der Waals surface area contributed by atoms with Crippen LogP contribution in [-0.2, 0) is 22.9 Å². The molecule has 0 saturated heterocycles. The Labute approximate surface area is 215 Å². The molecule has 0 spiro atoms. The van der Waals surface area contributed by atoms with Gasteiger partial charge in [0.15, 0.2) is 9.84 Å². The quantitative estimate of drug-likeness (QED) is 0.512. The topological polar surface area (TPSA) is 86.7 Å². The number of carbonyl (C=O) groups is 1. The number of benzene rings is 2. The second-order valence-corrected chi connectivity index (χ2v) is 12.4. The second kappa shape index (κ2) is 11.1. The zero-order valence-electron chi connectivity index (χ0n) is 20.8. The Hall–Kier alpha value is -2.43. The van der Waals surface area contributed by atoms with E-state index in [-0.39, 0.29) is 41.9 Å². The van der Waals surface area contributed by atoms with E-state index in [1.165, 1.54) is 12.1 Å². The summed E-state index contributed by atoms with van der Waals surface area (Å²) >= 11 is 0. The van der Waals surface area contributed by atoms with Crippen LogP contribution in [0.4, 0.5) is 13.2 Å². The third-order valence-electron chi connectivity index (χ3n) is 7.59. The Morgan fingerprint density at radius 1 is 1.05 bits per heavy atom. The van der Waals surface area contributed by atoms with E-state index in [0.717, 1.165) is 17.7 Å². The van der Waals surface area contributed by atoms with Crippen LogP contribution in [-0.4, -0.2) is 49.4 Å². The van der Waals surface area contributed by atoms with Gasteiger partial charge in [-0.05, 0) is 72.6 Å². The molecule has 2 aliphatic rings. The van der Waals surface area contributed by atoms with E-state index >= 15 is 0 Å². The van der Waals surface area contributed by atoms with Crippen LogP contribution in [0.25, 0.3) is 0 Å². The maximum atomic E-state index is 12.9. The standard InChI is InChI=1S/C27H33F3N2O4S/c1-2-37(35,36)24-11-7-19(8-12-24)25(17-33)31-26(34)20-5-6-21-15-32(16-22(21)13-20)14-18-3-9-23(10-4-18)27(28,29)30/h5-8,11-13,18,23,25,33H,2-4,9-10,14-17H2,1H3,(H,31,34)/t18?,23?,25-/m1/s1. The number of carbonyl (C=O) groups excluding carboxylic acids is 1. The minimum absolute atomic E-state index is 0.0125. The van der Waals surface area contributed by atoms with Gasteiger partial charge in [0, 0.05) is 25.2 Å². The summed E-state index contributed by atoms with van der Waals surface area (Å²) in [6.07, 6.45) is -2.54. The summed E-state index contributed by atoms with van der Waals surface area (Å²) in [7, 11) is -3.34. The molecule has 1 aliphatic heterocycles. The molecule has 2 aromatic rings. The van der Waals surface area contributed by atoms with E-state index in [0.29, 0.717) is 37.1 Å². The number of aliphatic hydroxyl groups excluding tert-OH is 1. The molecule has 37 heavy (non-hydrogen) atoms. The van der Waals surface area contributed by atoms with Gasteiger partial charge < -0.3 is 10.4 Å². The molecule has 202 valence electrons. The molecule has 2 aromatic carbocycles. The fourth-order valence-electron chi connectivity index (χ4n) is 5.32. The molecule has 0 radical (unpaired) electrons. The minimum atomic E-state index is -4.10. The Bertz CT molecular complexity index is 1210. The molecule has 1 fully saturated rings. The van der Waals surface area contributed by atoms with E-state index in [9.17, 15) is 31.5 Å². The number of fused-ring (bicyclic) bond motifs is 1. The highest BCUT2D eigenvalue weighted by atomic mass is 32.2. The fourth-order valence-corrected chi connectivity index (χ4v) is 6.21. The number of sulfone groups is 1. The van der Waals surface area contributed by atoms with E-state index in [1.807, 2.05) is 12.1 Å². The zero-order valence-corrected chi connectivity index (χ0v) is 21.6. The Kier molecular flexibility index (Phi) is 8.30. The van der Waals surface area contributed by atoms with Crippen LogP contribution >= 0.6 is 0 Å². The highest BCUT2D eigenvalue weighted by Crippen LogP contribution is 2.40. The highest BCUT2D eigenvalue weighted by molar-refractivity contribution is 7.91. The number of halogens is 3. The monoisotopic (exact) mass is 538 g/mol. The maximum absolute atomic E-state index is 12.9. The Morgan fingerprint density at radius 3 is 2.30 bits per heavy atom. The molecule has 1 saturated carbocycles. The number of nitrogens with zero attached hydrogens (tertiary/aromatic N) is 1. The average molecular weight is 539 g/mol. The number of rotatable bonds is 8. The number of aliphatic hydroxyl groups is 1. The lowest BCUT2D eigenvalue weighted by atomic mass is 9.81. The number of hydrogen-bond acceptors (Lipinski definition) is 5. The second-order valence-electron chi connectivity index (χ2n) is 10.1. The third kappa shape index (κ3) is 6.53. The molecule has 1 amide bonds. The lowest BCUT2D eigenvalue weighted by Crippen LogP contribution is -2.32. The van der Waals surface area contributed by atoms with Crippen LogP contribution in [0.2, 0.25) is 0 Å². The summed E-state index contributed by atoms with van der Waals surface area (Å²) in [5.74, 6) is -1.29. The molecule has 0 aromatic heterocycles. The van der Waals surface area contributed by atoms with E-state index in [2.05, 4.69) is 10.2 Å². The van der Waals surface area contributed by atoms with Crippen molar-refractivity contribution in [3.05, 3.63) is 64.7 Å². The maximum Gasteiger partial charge on any atom is 0.391 e. The Morgan fingerprint density at radius 2 is 1.70 bits per heavy atom. The molecule has 2 N–H and O–H groups in total. The Balaban J connectivity index is 1.35. The first-order chi connectivity index (χ1) is 17.5. The molecule has 6 nitrogen and oxygen atoms in total. The van der Waals surface area contributed by atoms with Gasteiger partial charge in [0.1, 0.15) is 0 Å². The predicted molar refractivity (Wildman–Crippen MR) is 134 cm³/mol. The average Bonchev–Trinajstić information content (AvgIpc) is 3.28. The normalized spacial score (nSPS) is 21.4. The van der Waals surface area contributed by atoms with Gasteiger partial charge in [0.05, 0.1) is 29.2 Å². The first-order valence-electron chi connectivity index (χ1n) is 12.7. The van der Waals surface area contributed by atoms with Crippen LogP contribution in [0, 0.1) is 11.8 Å². The minimum Gasteiger partial charge on any atom is -0.394 e. The number of hydrogen-bond donors (Lipinski definition) is 2. The number of alkyl halides is 3. The molecule has 1 aliphatic carbocycles. The summed E-state index contributed by atoms with van der Waals surface area (Å²) in [4.78, 5) is 15.4. The van der Waals surface area contributed by atoms with Gasteiger partial charge in [0.2, 0.25) is 0 Å². The van der Waals surface area contributed by atoms with Gasteiger partial charge in [-0.1, -0.05) is 25.1 Å². The van der Waals surface area contributed by atoms with Crippen molar-refractivity contribution in [1.82, 2.24) is 10.2 Å². The van der Waals surface area contributed by atoms with Crippen molar-refractivity contribution in [3.8, 4) is 0 Å². The molecule has 1 heterocycles. The van der Waals surface area contributed by atoms with Crippen LogP contribution < -0.4 is 5.32 Å². The summed E-state index contributed by atoms with van der Waals surface area (Å²) in [5, 5.41) is 12.7. The van der Waals surface area contributed by atoms with Crippen molar-refractivity contribution in [2.75, 3.05) is 18.9 Å². The van der Waals surface area contributed by atoms with Gasteiger partial charge >= 0.3 is 6.18 Å². The van der Waals surface area contributed by atoms with E-state index in [1.54, 1.807) is 25.1 Å². The van der Waals surface area contributed by atoms with Crippen LogP contribution in [0.15, 0.2) is 47.4 Å². The first-order valence-corrected chi connectivity index (χ1v) is 14.3. The lowest BCUT2D eigenvalue weighted by molar-refractivity contribution is -0.184. The van der Waals surface area contributed by atoms with Crippen molar-refractivity contribution in [3.63, 3.8) is 0 Å². The van der Waals surface area contributed by atoms with E-state index < -0.39 is 28.0 Å². The summed E-state index contributed by atoms with van der Waals surface area (Å²) in [6, 6.07) is 10.9. The first kappa shape index (κ1) is 27.6. The lowest BCUT2D eigenvalue weighted by Gasteiger charge is -2.32. The molecule has 4 rings (SSSR count). The predicted octanol–water partition coefficient (Wildman–Crippen LogP) is 4.63. The smallest absolute Gasteiger partial charge is 0.391 e. The molecule has 0 unspecified atom stereocenters. The summed E-state index contributed by atoms with van der Waals surface area (Å²) < 4.78 is 62.9. The number of amides is 1. The van der Waals surface area contributed by atoms with Gasteiger partial charge in [-0.3, -0.25) is 9.69 Å². The van der Waals surface area contributed by atoms with Gasteiger partial charge in [-0.2, -0.15) is 13.2 Å². The van der Waals surface area contributed by atoms with Crippen molar-refractivity contribution >= 4 is 15.7 Å². The third-order valence-corrected chi connectivity index (χ3v) is 9.34.